The van der Waals surface area contributed by atoms with Gasteiger partial charge in [-0.3, -0.25) is 19.5 Å². The second-order valence-electron chi connectivity index (χ2n) is 10.6. The van der Waals surface area contributed by atoms with Crippen molar-refractivity contribution in [3.8, 4) is 0 Å². The van der Waals surface area contributed by atoms with Crippen LogP contribution < -0.4 is 0 Å². The number of Topliss-reactive ketones (excluding diaryl/α,β-unsaturated/α-hetero) is 1. The lowest BCUT2D eigenvalue weighted by Gasteiger charge is -2.44. The molecular formula is C28H40N4O4S. The first kappa shape index (κ1) is 27.9. The van der Waals surface area contributed by atoms with Crippen LogP contribution >= 0.6 is 0 Å². The molecule has 2 aliphatic rings. The SMILES string of the molecule is C[C@@H]1CN(Cc2ccc(C(=O)CO)cc2)C[C@H](C)N1Cc1cccc(CN2CCN(S(C)(=O)=O)CC2)c1. The summed E-state index contributed by atoms with van der Waals surface area (Å²) in [6, 6.07) is 17.2. The van der Waals surface area contributed by atoms with Gasteiger partial charge in [-0.1, -0.05) is 48.5 Å². The standard InChI is InChI=1S/C28H40N4O4S/c1-22-16-30(18-24-7-9-27(10-8-24)28(34)21-33)17-23(2)32(22)20-26-6-4-5-25(15-26)19-29-11-13-31(14-12-29)37(3,35)36/h4-10,15,22-23,33H,11-14,16-21H2,1-3H3/t22-,23+. The second kappa shape index (κ2) is 12.1. The molecule has 0 aromatic heterocycles. The molecule has 8 nitrogen and oxygen atoms in total. The minimum absolute atomic E-state index is 0.249. The van der Waals surface area contributed by atoms with Crippen LogP contribution in [0.2, 0.25) is 0 Å². The highest BCUT2D eigenvalue weighted by molar-refractivity contribution is 7.88. The van der Waals surface area contributed by atoms with E-state index in [4.69, 9.17) is 5.11 Å². The molecule has 2 heterocycles. The first-order valence-electron chi connectivity index (χ1n) is 13.1. The topological polar surface area (TPSA) is 84.4 Å². The normalized spacial score (nSPS) is 22.8. The maximum Gasteiger partial charge on any atom is 0.211 e. The zero-order valence-electron chi connectivity index (χ0n) is 22.2. The van der Waals surface area contributed by atoms with Crippen LogP contribution in [0.3, 0.4) is 0 Å². The number of aliphatic hydroxyl groups is 1. The van der Waals surface area contributed by atoms with Crippen LogP contribution in [0.4, 0.5) is 0 Å². The molecule has 2 fully saturated rings. The number of carbonyl (C=O) groups excluding carboxylic acids is 1. The molecule has 2 atom stereocenters. The summed E-state index contributed by atoms with van der Waals surface area (Å²) < 4.78 is 25.1. The second-order valence-corrected chi connectivity index (χ2v) is 12.6. The lowest BCUT2D eigenvalue weighted by Crippen LogP contribution is -2.55. The fourth-order valence-electron chi connectivity index (χ4n) is 5.57. The molecule has 37 heavy (non-hydrogen) atoms. The molecule has 2 aliphatic heterocycles. The van der Waals surface area contributed by atoms with Crippen molar-refractivity contribution in [3.05, 3.63) is 70.8 Å². The van der Waals surface area contributed by atoms with Crippen molar-refractivity contribution in [1.29, 1.82) is 0 Å². The Hall–Kier alpha value is -2.14. The van der Waals surface area contributed by atoms with Gasteiger partial charge in [0, 0.05) is 76.5 Å². The largest absolute Gasteiger partial charge is 0.388 e. The predicted molar refractivity (Wildman–Crippen MR) is 146 cm³/mol. The predicted octanol–water partition coefficient (Wildman–Crippen LogP) is 2.03. The van der Waals surface area contributed by atoms with Crippen molar-refractivity contribution in [3.63, 3.8) is 0 Å². The Bertz CT molecular complexity index is 1150. The van der Waals surface area contributed by atoms with Crippen molar-refractivity contribution in [1.82, 2.24) is 19.0 Å². The number of piperazine rings is 2. The first-order valence-corrected chi connectivity index (χ1v) is 14.9. The molecule has 0 amide bonds. The summed E-state index contributed by atoms with van der Waals surface area (Å²) >= 11 is 0. The molecule has 1 N–H and O–H groups in total. The van der Waals surface area contributed by atoms with Crippen molar-refractivity contribution in [2.24, 2.45) is 0 Å². The summed E-state index contributed by atoms with van der Waals surface area (Å²) in [4.78, 5) is 19.0. The van der Waals surface area contributed by atoms with Gasteiger partial charge in [0.1, 0.15) is 6.61 Å². The minimum Gasteiger partial charge on any atom is -0.388 e. The van der Waals surface area contributed by atoms with Crippen LogP contribution in [0.5, 0.6) is 0 Å². The molecule has 0 saturated carbocycles. The number of hydrogen-bond donors (Lipinski definition) is 1. The smallest absolute Gasteiger partial charge is 0.211 e. The molecule has 9 heteroatoms. The number of nitrogens with zero attached hydrogens (tertiary/aromatic N) is 4. The third-order valence-corrected chi connectivity index (χ3v) is 8.87. The van der Waals surface area contributed by atoms with Crippen LogP contribution in [0.25, 0.3) is 0 Å². The molecule has 0 bridgehead atoms. The number of sulfonamides is 1. The van der Waals surface area contributed by atoms with Gasteiger partial charge in [-0.15, -0.1) is 0 Å². The van der Waals surface area contributed by atoms with Crippen LogP contribution in [-0.2, 0) is 29.7 Å². The molecule has 2 aromatic rings. The van der Waals surface area contributed by atoms with E-state index >= 15 is 0 Å². The summed E-state index contributed by atoms with van der Waals surface area (Å²) in [7, 11) is -3.11. The average Bonchev–Trinajstić information content (AvgIpc) is 2.86. The summed E-state index contributed by atoms with van der Waals surface area (Å²) in [6.07, 6.45) is 1.29. The van der Waals surface area contributed by atoms with Gasteiger partial charge in [0.15, 0.2) is 5.78 Å². The van der Waals surface area contributed by atoms with Gasteiger partial charge in [-0.05, 0) is 30.5 Å². The molecule has 2 saturated heterocycles. The lowest BCUT2D eigenvalue weighted by molar-refractivity contribution is 0.0290. The number of carbonyl (C=O) groups is 1. The van der Waals surface area contributed by atoms with Crippen LogP contribution in [-0.4, -0.2) is 103 Å². The van der Waals surface area contributed by atoms with Crippen LogP contribution in [0.15, 0.2) is 48.5 Å². The number of benzene rings is 2. The summed E-state index contributed by atoms with van der Waals surface area (Å²) in [6.45, 7) is 11.3. The highest BCUT2D eigenvalue weighted by Crippen LogP contribution is 2.22. The van der Waals surface area contributed by atoms with Crippen LogP contribution in [0, 0.1) is 0 Å². The van der Waals surface area contributed by atoms with Gasteiger partial charge in [-0.2, -0.15) is 4.31 Å². The van der Waals surface area contributed by atoms with Gasteiger partial charge >= 0.3 is 0 Å². The summed E-state index contributed by atoms with van der Waals surface area (Å²) in [5.74, 6) is -0.249. The summed E-state index contributed by atoms with van der Waals surface area (Å²) in [5.41, 5.74) is 4.31. The van der Waals surface area contributed by atoms with E-state index in [1.807, 2.05) is 12.1 Å². The van der Waals surface area contributed by atoms with E-state index in [1.54, 1.807) is 16.4 Å². The van der Waals surface area contributed by atoms with E-state index in [0.29, 0.717) is 30.7 Å². The fourth-order valence-corrected chi connectivity index (χ4v) is 6.39. The van der Waals surface area contributed by atoms with E-state index in [-0.39, 0.29) is 5.78 Å². The van der Waals surface area contributed by atoms with Crippen molar-refractivity contribution < 1.29 is 18.3 Å². The Morgan fingerprint density at radius 2 is 1.41 bits per heavy atom. The zero-order chi connectivity index (χ0) is 26.6. The zero-order valence-corrected chi connectivity index (χ0v) is 23.0. The van der Waals surface area contributed by atoms with E-state index in [9.17, 15) is 13.2 Å². The van der Waals surface area contributed by atoms with Crippen LogP contribution in [0.1, 0.15) is 40.9 Å². The number of ketones is 1. The lowest BCUT2D eigenvalue weighted by atomic mass is 10.0. The monoisotopic (exact) mass is 528 g/mol. The maximum absolute atomic E-state index is 11.8. The van der Waals surface area contributed by atoms with E-state index in [2.05, 4.69) is 52.8 Å². The molecule has 2 aromatic carbocycles. The maximum atomic E-state index is 11.8. The fraction of sp³-hybridized carbons (Fsp3) is 0.536. The summed E-state index contributed by atoms with van der Waals surface area (Å²) in [5, 5.41) is 9.05. The van der Waals surface area contributed by atoms with Gasteiger partial charge < -0.3 is 5.11 Å². The Morgan fingerprint density at radius 1 is 0.838 bits per heavy atom. The highest BCUT2D eigenvalue weighted by atomic mass is 32.2. The minimum atomic E-state index is -3.11. The molecular weight excluding hydrogens is 488 g/mol. The number of hydrogen-bond acceptors (Lipinski definition) is 7. The van der Waals surface area contributed by atoms with Gasteiger partial charge in [-0.25, -0.2) is 8.42 Å². The number of rotatable bonds is 9. The average molecular weight is 529 g/mol. The van der Waals surface area contributed by atoms with E-state index in [0.717, 1.165) is 45.8 Å². The van der Waals surface area contributed by atoms with E-state index in [1.165, 1.54) is 22.9 Å². The molecule has 0 spiro atoms. The Kier molecular flexibility index (Phi) is 9.15. The molecule has 202 valence electrons. The third kappa shape index (κ3) is 7.46. The van der Waals surface area contributed by atoms with Crippen molar-refractivity contribution in [2.75, 3.05) is 52.1 Å². The van der Waals surface area contributed by atoms with Gasteiger partial charge in [0.05, 0.1) is 6.26 Å². The quantitative estimate of drug-likeness (QED) is 0.499. The molecule has 4 rings (SSSR count). The first-order chi connectivity index (χ1) is 17.6. The van der Waals surface area contributed by atoms with Gasteiger partial charge in [0.25, 0.3) is 0 Å². The Balaban J connectivity index is 1.30. The highest BCUT2D eigenvalue weighted by Gasteiger charge is 2.29. The number of aliphatic hydroxyl groups excluding tert-OH is 1. The van der Waals surface area contributed by atoms with Crippen molar-refractivity contribution in [2.45, 2.75) is 45.6 Å². The van der Waals surface area contributed by atoms with E-state index < -0.39 is 16.6 Å². The van der Waals surface area contributed by atoms with Gasteiger partial charge in [0.2, 0.25) is 10.0 Å². The molecule has 0 radical (unpaired) electrons. The Labute approximate surface area is 221 Å². The van der Waals surface area contributed by atoms with Crippen molar-refractivity contribution >= 4 is 15.8 Å². The molecule has 0 aliphatic carbocycles. The molecule has 0 unspecified atom stereocenters. The third-order valence-electron chi connectivity index (χ3n) is 7.57. The Morgan fingerprint density at radius 3 is 1.97 bits per heavy atom.